The summed E-state index contributed by atoms with van der Waals surface area (Å²) in [4.78, 5) is 0. The summed E-state index contributed by atoms with van der Waals surface area (Å²) in [6, 6.07) is 12.3. The average Bonchev–Trinajstić information content (AvgIpc) is 2.48. The number of benzene rings is 2. The molecule has 0 aromatic heterocycles. The third-order valence-electron chi connectivity index (χ3n) is 4.39. The molecule has 0 bridgehead atoms. The summed E-state index contributed by atoms with van der Waals surface area (Å²) in [5, 5.41) is 3.60. The van der Waals surface area contributed by atoms with Crippen LogP contribution in [0.4, 0.5) is 10.1 Å². The van der Waals surface area contributed by atoms with E-state index in [0.29, 0.717) is 16.4 Å². The number of hydrogen-bond acceptors (Lipinski definition) is 1. The number of hydrogen-bond donors (Lipinski definition) is 1. The number of fused-ring (bicyclic) bond motifs is 1. The van der Waals surface area contributed by atoms with Gasteiger partial charge in [-0.25, -0.2) is 4.39 Å². The van der Waals surface area contributed by atoms with Crippen LogP contribution < -0.4 is 5.32 Å². The molecule has 0 heterocycles. The van der Waals surface area contributed by atoms with E-state index in [1.807, 2.05) is 13.0 Å². The molecule has 0 saturated carbocycles. The van der Waals surface area contributed by atoms with Gasteiger partial charge in [0.15, 0.2) is 0 Å². The van der Waals surface area contributed by atoms with Gasteiger partial charge in [0.2, 0.25) is 0 Å². The van der Waals surface area contributed by atoms with Gasteiger partial charge in [0, 0.05) is 5.69 Å². The van der Waals surface area contributed by atoms with Crippen molar-refractivity contribution in [2.75, 3.05) is 5.32 Å². The molecule has 1 aliphatic rings. The van der Waals surface area contributed by atoms with Crippen molar-refractivity contribution in [2.45, 2.75) is 38.6 Å². The van der Waals surface area contributed by atoms with Crippen LogP contribution in [0.1, 0.15) is 48.4 Å². The lowest BCUT2D eigenvalue weighted by Crippen LogP contribution is -2.19. The number of aryl methyl sites for hydroxylation is 1. The van der Waals surface area contributed by atoms with Crippen LogP contribution in [0.3, 0.4) is 0 Å². The first kappa shape index (κ1) is 14.6. The van der Waals surface area contributed by atoms with Gasteiger partial charge < -0.3 is 5.32 Å². The predicted octanol–water partition coefficient (Wildman–Crippen LogP) is 5.95. The van der Waals surface area contributed by atoms with Crippen molar-refractivity contribution in [3.8, 4) is 0 Å². The van der Waals surface area contributed by atoms with Crippen LogP contribution in [-0.4, -0.2) is 0 Å². The third kappa shape index (κ3) is 2.84. The number of nitrogens with one attached hydrogen (secondary N) is 1. The Morgan fingerprint density at radius 2 is 1.86 bits per heavy atom. The first-order chi connectivity index (χ1) is 10.1. The second-order valence-corrected chi connectivity index (χ2v) is 6.74. The lowest BCUT2D eigenvalue weighted by molar-refractivity contribution is 0.534. The van der Waals surface area contributed by atoms with Crippen LogP contribution in [0.5, 0.6) is 0 Å². The summed E-state index contributed by atoms with van der Waals surface area (Å²) < 4.78 is 14.1. The lowest BCUT2D eigenvalue weighted by atomic mass is 9.81. The third-order valence-corrected chi connectivity index (χ3v) is 5.00. The summed E-state index contributed by atoms with van der Waals surface area (Å²) in [5.41, 5.74) is 4.74. The highest BCUT2D eigenvalue weighted by molar-refractivity contribution is 9.10. The Bertz CT molecular complexity index is 668. The SMILES string of the molecule is Cc1cc(F)c(Br)cc1NC1CCC(C)c2ccccc21. The van der Waals surface area contributed by atoms with E-state index in [0.717, 1.165) is 17.7 Å². The van der Waals surface area contributed by atoms with Crippen molar-refractivity contribution < 1.29 is 4.39 Å². The van der Waals surface area contributed by atoms with Crippen LogP contribution in [0.15, 0.2) is 40.9 Å². The van der Waals surface area contributed by atoms with Gasteiger partial charge in [-0.3, -0.25) is 0 Å². The van der Waals surface area contributed by atoms with E-state index in [9.17, 15) is 4.39 Å². The van der Waals surface area contributed by atoms with Gasteiger partial charge in [0.05, 0.1) is 10.5 Å². The summed E-state index contributed by atoms with van der Waals surface area (Å²) in [7, 11) is 0. The van der Waals surface area contributed by atoms with E-state index in [2.05, 4.69) is 52.4 Å². The zero-order valence-corrected chi connectivity index (χ0v) is 13.9. The topological polar surface area (TPSA) is 12.0 Å². The molecule has 0 saturated heterocycles. The zero-order chi connectivity index (χ0) is 15.0. The van der Waals surface area contributed by atoms with Gasteiger partial charge in [-0.2, -0.15) is 0 Å². The summed E-state index contributed by atoms with van der Waals surface area (Å²) in [6.07, 6.45) is 2.28. The molecule has 2 aromatic carbocycles. The smallest absolute Gasteiger partial charge is 0.137 e. The molecule has 1 aliphatic carbocycles. The van der Waals surface area contributed by atoms with Gasteiger partial charge in [0.25, 0.3) is 0 Å². The Balaban J connectivity index is 1.93. The molecule has 0 spiro atoms. The molecule has 3 heteroatoms. The fourth-order valence-electron chi connectivity index (χ4n) is 3.14. The molecule has 3 rings (SSSR count). The first-order valence-corrected chi connectivity index (χ1v) is 8.16. The number of anilines is 1. The lowest BCUT2D eigenvalue weighted by Gasteiger charge is -2.31. The van der Waals surface area contributed by atoms with E-state index in [1.165, 1.54) is 17.5 Å². The summed E-state index contributed by atoms with van der Waals surface area (Å²) in [5.74, 6) is 0.399. The molecule has 0 amide bonds. The molecular weight excluding hydrogens is 329 g/mol. The molecule has 0 aliphatic heterocycles. The minimum absolute atomic E-state index is 0.212. The highest BCUT2D eigenvalue weighted by Crippen LogP contribution is 2.39. The van der Waals surface area contributed by atoms with Gasteiger partial charge in [0.1, 0.15) is 5.82 Å². The minimum Gasteiger partial charge on any atom is -0.378 e. The minimum atomic E-state index is -0.212. The maximum absolute atomic E-state index is 13.6. The highest BCUT2D eigenvalue weighted by atomic mass is 79.9. The van der Waals surface area contributed by atoms with E-state index in [4.69, 9.17) is 0 Å². The van der Waals surface area contributed by atoms with Crippen molar-refractivity contribution in [3.63, 3.8) is 0 Å². The fraction of sp³-hybridized carbons (Fsp3) is 0.333. The van der Waals surface area contributed by atoms with Crippen molar-refractivity contribution in [2.24, 2.45) is 0 Å². The first-order valence-electron chi connectivity index (χ1n) is 7.37. The van der Waals surface area contributed by atoms with Crippen molar-refractivity contribution >= 4 is 21.6 Å². The molecule has 0 radical (unpaired) electrons. The quantitative estimate of drug-likeness (QED) is 0.707. The van der Waals surface area contributed by atoms with Crippen LogP contribution in [0.2, 0.25) is 0 Å². The highest BCUT2D eigenvalue weighted by Gasteiger charge is 2.24. The van der Waals surface area contributed by atoms with E-state index >= 15 is 0 Å². The second kappa shape index (κ2) is 5.80. The van der Waals surface area contributed by atoms with Crippen LogP contribution >= 0.6 is 15.9 Å². The Labute approximate surface area is 133 Å². The maximum atomic E-state index is 13.6. The Morgan fingerprint density at radius 1 is 1.14 bits per heavy atom. The van der Waals surface area contributed by atoms with Gasteiger partial charge in [-0.1, -0.05) is 31.2 Å². The van der Waals surface area contributed by atoms with Gasteiger partial charge in [-0.15, -0.1) is 0 Å². The average molecular weight is 348 g/mol. The molecule has 110 valence electrons. The maximum Gasteiger partial charge on any atom is 0.137 e. The monoisotopic (exact) mass is 347 g/mol. The number of rotatable bonds is 2. The number of halogens is 2. The summed E-state index contributed by atoms with van der Waals surface area (Å²) in [6.45, 7) is 4.23. The summed E-state index contributed by atoms with van der Waals surface area (Å²) >= 11 is 3.27. The van der Waals surface area contributed by atoms with Crippen LogP contribution in [0.25, 0.3) is 0 Å². The van der Waals surface area contributed by atoms with Crippen molar-refractivity contribution in [1.82, 2.24) is 0 Å². The van der Waals surface area contributed by atoms with Crippen molar-refractivity contribution in [3.05, 3.63) is 63.4 Å². The molecular formula is C18H19BrFN. The van der Waals surface area contributed by atoms with Crippen LogP contribution in [-0.2, 0) is 0 Å². The van der Waals surface area contributed by atoms with Crippen molar-refractivity contribution in [1.29, 1.82) is 0 Å². The molecule has 2 unspecified atom stereocenters. The Kier molecular flexibility index (Phi) is 4.03. The molecule has 1 nitrogen and oxygen atoms in total. The molecule has 2 atom stereocenters. The van der Waals surface area contributed by atoms with Gasteiger partial charge in [-0.05, 0) is 70.4 Å². The van der Waals surface area contributed by atoms with E-state index in [-0.39, 0.29) is 5.82 Å². The Morgan fingerprint density at radius 3 is 2.62 bits per heavy atom. The van der Waals surface area contributed by atoms with Gasteiger partial charge >= 0.3 is 0 Å². The molecule has 1 N–H and O–H groups in total. The standard InChI is InChI=1S/C18H19BrFN/c1-11-7-8-17(14-6-4-3-5-13(11)14)21-18-10-15(19)16(20)9-12(18)2/h3-6,9-11,17,21H,7-8H2,1-2H3. The van der Waals surface area contributed by atoms with Crippen LogP contribution in [0, 0.1) is 12.7 Å². The molecule has 0 fully saturated rings. The Hall–Kier alpha value is -1.35. The zero-order valence-electron chi connectivity index (χ0n) is 12.3. The predicted molar refractivity (Wildman–Crippen MR) is 89.3 cm³/mol. The van der Waals surface area contributed by atoms with E-state index < -0.39 is 0 Å². The second-order valence-electron chi connectivity index (χ2n) is 5.89. The van der Waals surface area contributed by atoms with E-state index in [1.54, 1.807) is 6.07 Å². The molecule has 2 aromatic rings. The fourth-order valence-corrected chi connectivity index (χ4v) is 3.49. The largest absolute Gasteiger partial charge is 0.378 e. The molecule has 21 heavy (non-hydrogen) atoms. The normalized spacial score (nSPS) is 21.0.